The number of nitrogens with zero attached hydrogens (tertiary/aromatic N) is 1. The number of fused-ring (bicyclic) bond motifs is 2. The van der Waals surface area contributed by atoms with Gasteiger partial charge in [0.2, 0.25) is 5.91 Å². The molecule has 6 nitrogen and oxygen atoms in total. The van der Waals surface area contributed by atoms with Crippen molar-refractivity contribution in [2.75, 3.05) is 21.8 Å². The number of halogens is 1. The van der Waals surface area contributed by atoms with E-state index < -0.39 is 9.84 Å². The van der Waals surface area contributed by atoms with E-state index in [-0.39, 0.29) is 34.8 Å². The van der Waals surface area contributed by atoms with Crippen molar-refractivity contribution >= 4 is 50.3 Å². The van der Waals surface area contributed by atoms with Gasteiger partial charge in [0, 0.05) is 5.88 Å². The minimum atomic E-state index is -3.40. The van der Waals surface area contributed by atoms with E-state index in [1.165, 1.54) is 17.0 Å². The Morgan fingerprint density at radius 3 is 2.28 bits per heavy atom. The third-order valence-electron chi connectivity index (χ3n) is 5.22. The first-order chi connectivity index (χ1) is 15.4. The van der Waals surface area contributed by atoms with Gasteiger partial charge < -0.3 is 5.32 Å². The summed E-state index contributed by atoms with van der Waals surface area (Å²) in [6.45, 7) is 0. The molecule has 0 atom stereocenters. The SMILES string of the molecule is O=C1Nc2ccccc2N(C(=O)Cc2ccc(S(=O)(=O)CCCCl)cc2)c2ccccc21. The Hall–Kier alpha value is -3.16. The van der Waals surface area contributed by atoms with Crippen LogP contribution >= 0.6 is 11.6 Å². The number of hydrogen-bond acceptors (Lipinski definition) is 4. The summed E-state index contributed by atoms with van der Waals surface area (Å²) < 4.78 is 24.7. The molecule has 0 radical (unpaired) electrons. The number of rotatable bonds is 6. The second-order valence-corrected chi connectivity index (χ2v) is 9.89. The Kier molecular flexibility index (Phi) is 6.30. The molecule has 0 saturated heterocycles. The van der Waals surface area contributed by atoms with E-state index in [0.717, 1.165) is 0 Å². The van der Waals surface area contributed by atoms with Crippen LogP contribution < -0.4 is 10.2 Å². The van der Waals surface area contributed by atoms with Gasteiger partial charge in [-0.25, -0.2) is 8.42 Å². The molecule has 0 fully saturated rings. The molecule has 0 spiro atoms. The maximum absolute atomic E-state index is 13.4. The molecule has 3 aromatic rings. The number of nitrogens with one attached hydrogen (secondary N) is 1. The Balaban J connectivity index is 1.65. The van der Waals surface area contributed by atoms with E-state index in [1.54, 1.807) is 60.7 Å². The topological polar surface area (TPSA) is 83.6 Å². The normalized spacial score (nSPS) is 13.0. The molecule has 8 heteroatoms. The molecule has 1 heterocycles. The second kappa shape index (κ2) is 9.14. The fourth-order valence-corrected chi connectivity index (χ4v) is 5.26. The number of sulfone groups is 1. The monoisotopic (exact) mass is 468 g/mol. The molecule has 1 aliphatic rings. The van der Waals surface area contributed by atoms with Gasteiger partial charge in [0.1, 0.15) is 0 Å². The van der Waals surface area contributed by atoms with E-state index >= 15 is 0 Å². The molecular weight excluding hydrogens is 448 g/mol. The largest absolute Gasteiger partial charge is 0.320 e. The summed E-state index contributed by atoms with van der Waals surface area (Å²) >= 11 is 5.61. The van der Waals surface area contributed by atoms with E-state index in [4.69, 9.17) is 11.6 Å². The molecule has 3 aromatic carbocycles. The minimum absolute atomic E-state index is 0.0167. The third-order valence-corrected chi connectivity index (χ3v) is 7.30. The van der Waals surface area contributed by atoms with Crippen molar-refractivity contribution < 1.29 is 18.0 Å². The van der Waals surface area contributed by atoms with Gasteiger partial charge in [-0.05, 0) is 48.4 Å². The van der Waals surface area contributed by atoms with Crippen LogP contribution in [0.2, 0.25) is 0 Å². The van der Waals surface area contributed by atoms with Gasteiger partial charge in [0.15, 0.2) is 9.84 Å². The number of hydrogen-bond donors (Lipinski definition) is 1. The van der Waals surface area contributed by atoms with Crippen molar-refractivity contribution in [3.8, 4) is 0 Å². The van der Waals surface area contributed by atoms with Crippen LogP contribution in [0.1, 0.15) is 22.3 Å². The summed E-state index contributed by atoms with van der Waals surface area (Å²) in [5.41, 5.74) is 2.70. The first kappa shape index (κ1) is 22.0. The van der Waals surface area contributed by atoms with Gasteiger partial charge in [0.05, 0.1) is 39.7 Å². The molecule has 1 aliphatic heterocycles. The third kappa shape index (κ3) is 4.40. The number of alkyl halides is 1. The Morgan fingerprint density at radius 1 is 0.906 bits per heavy atom. The highest BCUT2D eigenvalue weighted by atomic mass is 35.5. The van der Waals surface area contributed by atoms with Crippen LogP contribution in [0.15, 0.2) is 77.7 Å². The standard InChI is InChI=1S/C24H21ClN2O4S/c25-14-5-15-32(30,31)18-12-10-17(11-13-18)16-23(28)27-21-8-3-1-6-19(21)24(29)26-20-7-2-4-9-22(20)27/h1-4,6-13H,5,14-16H2,(H,26,29). The maximum Gasteiger partial charge on any atom is 0.257 e. The number of carbonyl (C=O) groups excluding carboxylic acids is 2. The zero-order valence-corrected chi connectivity index (χ0v) is 18.7. The average Bonchev–Trinajstić information content (AvgIpc) is 2.92. The van der Waals surface area contributed by atoms with E-state index in [1.807, 2.05) is 0 Å². The van der Waals surface area contributed by atoms with Crippen molar-refractivity contribution in [1.82, 2.24) is 0 Å². The number of carbonyl (C=O) groups is 2. The van der Waals surface area contributed by atoms with Gasteiger partial charge in [-0.15, -0.1) is 11.6 Å². The number of anilines is 3. The predicted octanol–water partition coefficient (Wildman–Crippen LogP) is 4.56. The van der Waals surface area contributed by atoms with Crippen molar-refractivity contribution in [2.45, 2.75) is 17.7 Å². The van der Waals surface area contributed by atoms with Gasteiger partial charge >= 0.3 is 0 Å². The van der Waals surface area contributed by atoms with Crippen LogP contribution in [0.3, 0.4) is 0 Å². The second-order valence-electron chi connectivity index (χ2n) is 7.40. The van der Waals surface area contributed by atoms with Crippen molar-refractivity contribution in [3.05, 3.63) is 83.9 Å². The van der Waals surface area contributed by atoms with Crippen molar-refractivity contribution in [3.63, 3.8) is 0 Å². The fourth-order valence-electron chi connectivity index (χ4n) is 3.65. The van der Waals surface area contributed by atoms with Gasteiger partial charge in [-0.1, -0.05) is 36.4 Å². The average molecular weight is 469 g/mol. The lowest BCUT2D eigenvalue weighted by Gasteiger charge is -2.24. The molecule has 0 unspecified atom stereocenters. The molecule has 32 heavy (non-hydrogen) atoms. The lowest BCUT2D eigenvalue weighted by atomic mass is 10.1. The summed E-state index contributed by atoms with van der Waals surface area (Å²) in [6, 6.07) is 20.4. The number of benzene rings is 3. The van der Waals surface area contributed by atoms with E-state index in [9.17, 15) is 18.0 Å². The van der Waals surface area contributed by atoms with Crippen LogP contribution in [0, 0.1) is 0 Å². The molecule has 2 amide bonds. The summed E-state index contributed by atoms with van der Waals surface area (Å²) in [5, 5.41) is 2.86. The molecule has 0 bridgehead atoms. The zero-order chi connectivity index (χ0) is 22.7. The van der Waals surface area contributed by atoms with Gasteiger partial charge in [-0.2, -0.15) is 0 Å². The zero-order valence-electron chi connectivity index (χ0n) is 17.1. The van der Waals surface area contributed by atoms with Crippen LogP contribution in [0.5, 0.6) is 0 Å². The molecule has 4 rings (SSSR count). The summed E-state index contributed by atoms with van der Waals surface area (Å²) in [6.07, 6.45) is 0.420. The highest BCUT2D eigenvalue weighted by Crippen LogP contribution is 2.38. The molecule has 164 valence electrons. The minimum Gasteiger partial charge on any atom is -0.320 e. The van der Waals surface area contributed by atoms with Gasteiger partial charge in [0.25, 0.3) is 5.91 Å². The van der Waals surface area contributed by atoms with Gasteiger partial charge in [-0.3, -0.25) is 14.5 Å². The van der Waals surface area contributed by atoms with Crippen molar-refractivity contribution in [2.24, 2.45) is 0 Å². The smallest absolute Gasteiger partial charge is 0.257 e. The van der Waals surface area contributed by atoms with Crippen LogP contribution in [-0.4, -0.2) is 31.9 Å². The maximum atomic E-state index is 13.4. The quantitative estimate of drug-likeness (QED) is 0.537. The van der Waals surface area contributed by atoms with Crippen molar-refractivity contribution in [1.29, 1.82) is 0 Å². The predicted molar refractivity (Wildman–Crippen MR) is 126 cm³/mol. The van der Waals surface area contributed by atoms with Crippen LogP contribution in [-0.2, 0) is 21.1 Å². The Morgan fingerprint density at radius 2 is 1.56 bits per heavy atom. The fraction of sp³-hybridized carbons (Fsp3) is 0.167. The molecule has 0 aliphatic carbocycles. The lowest BCUT2D eigenvalue weighted by Crippen LogP contribution is -2.28. The molecular formula is C24H21ClN2O4S. The highest BCUT2D eigenvalue weighted by molar-refractivity contribution is 7.91. The molecule has 0 saturated carbocycles. The summed E-state index contributed by atoms with van der Waals surface area (Å²) in [5.74, 6) is -0.256. The lowest BCUT2D eigenvalue weighted by molar-refractivity contribution is -0.117. The van der Waals surface area contributed by atoms with E-state index in [2.05, 4.69) is 5.32 Å². The summed E-state index contributed by atoms with van der Waals surface area (Å²) in [7, 11) is -3.40. The molecule has 0 aromatic heterocycles. The first-order valence-electron chi connectivity index (χ1n) is 10.1. The van der Waals surface area contributed by atoms with E-state index in [0.29, 0.717) is 34.6 Å². The Bertz CT molecular complexity index is 1270. The number of amides is 2. The summed E-state index contributed by atoms with van der Waals surface area (Å²) in [4.78, 5) is 27.9. The number of para-hydroxylation sites is 3. The highest BCUT2D eigenvalue weighted by Gasteiger charge is 2.29. The van der Waals surface area contributed by atoms with Crippen LogP contribution in [0.25, 0.3) is 0 Å². The molecule has 1 N–H and O–H groups in total. The first-order valence-corrected chi connectivity index (χ1v) is 12.3. The van der Waals surface area contributed by atoms with Crippen LogP contribution in [0.4, 0.5) is 17.1 Å². The Labute approximate surface area is 191 Å².